The molecule has 1 saturated heterocycles. The van der Waals surface area contributed by atoms with Crippen LogP contribution in [0.3, 0.4) is 0 Å². The Labute approximate surface area is 126 Å². The van der Waals surface area contributed by atoms with Gasteiger partial charge in [0.2, 0.25) is 0 Å². The highest BCUT2D eigenvalue weighted by atomic mass is 15.3. The molecule has 4 nitrogen and oxygen atoms in total. The molecule has 2 N–H and O–H groups in total. The molecule has 1 fully saturated rings. The molecule has 0 aliphatic carbocycles. The lowest BCUT2D eigenvalue weighted by atomic mass is 10.1. The molecule has 1 aliphatic rings. The standard InChI is InChI=1S/C17H22N4/c1-14-12-20(13-15-6-3-2-4-7-15)10-11-21(14)17-9-5-8-16(18)19-17/h2-9,14H,10-13H2,1H3,(H2,18,19). The predicted molar refractivity (Wildman–Crippen MR) is 87.2 cm³/mol. The van der Waals surface area contributed by atoms with Gasteiger partial charge >= 0.3 is 0 Å². The zero-order valence-corrected chi connectivity index (χ0v) is 12.4. The maximum absolute atomic E-state index is 5.79. The number of hydrogen-bond donors (Lipinski definition) is 1. The van der Waals surface area contributed by atoms with E-state index in [1.54, 1.807) is 0 Å². The van der Waals surface area contributed by atoms with E-state index in [0.717, 1.165) is 32.0 Å². The fourth-order valence-electron chi connectivity index (χ4n) is 2.96. The largest absolute Gasteiger partial charge is 0.384 e. The van der Waals surface area contributed by atoms with E-state index in [2.05, 4.69) is 52.0 Å². The fourth-order valence-corrected chi connectivity index (χ4v) is 2.96. The lowest BCUT2D eigenvalue weighted by Crippen LogP contribution is -2.51. The average molecular weight is 282 g/mol. The van der Waals surface area contributed by atoms with Crippen LogP contribution in [0.4, 0.5) is 11.6 Å². The van der Waals surface area contributed by atoms with Gasteiger partial charge in [0.25, 0.3) is 0 Å². The minimum absolute atomic E-state index is 0.441. The third kappa shape index (κ3) is 3.34. The second-order valence-electron chi connectivity index (χ2n) is 5.68. The molecule has 2 aromatic rings. The van der Waals surface area contributed by atoms with Gasteiger partial charge in [0.05, 0.1) is 0 Å². The molecule has 21 heavy (non-hydrogen) atoms. The molecule has 1 aromatic carbocycles. The van der Waals surface area contributed by atoms with Crippen molar-refractivity contribution in [2.24, 2.45) is 0 Å². The minimum atomic E-state index is 0.441. The van der Waals surface area contributed by atoms with Crippen LogP contribution in [-0.4, -0.2) is 35.6 Å². The van der Waals surface area contributed by atoms with E-state index in [1.807, 2.05) is 18.2 Å². The summed E-state index contributed by atoms with van der Waals surface area (Å²) in [7, 11) is 0. The van der Waals surface area contributed by atoms with E-state index >= 15 is 0 Å². The fraction of sp³-hybridized carbons (Fsp3) is 0.353. The van der Waals surface area contributed by atoms with Crippen molar-refractivity contribution in [3.63, 3.8) is 0 Å². The second-order valence-corrected chi connectivity index (χ2v) is 5.68. The van der Waals surface area contributed by atoms with Crippen LogP contribution in [0, 0.1) is 0 Å². The number of piperazine rings is 1. The molecule has 4 heteroatoms. The number of nitrogen functional groups attached to an aromatic ring is 1. The van der Waals surface area contributed by atoms with Crippen molar-refractivity contribution in [1.82, 2.24) is 9.88 Å². The lowest BCUT2D eigenvalue weighted by Gasteiger charge is -2.40. The molecule has 0 amide bonds. The van der Waals surface area contributed by atoms with Crippen LogP contribution in [0.1, 0.15) is 12.5 Å². The highest BCUT2D eigenvalue weighted by Crippen LogP contribution is 2.20. The average Bonchev–Trinajstić information content (AvgIpc) is 2.48. The van der Waals surface area contributed by atoms with Crippen molar-refractivity contribution in [3.05, 3.63) is 54.1 Å². The van der Waals surface area contributed by atoms with E-state index < -0.39 is 0 Å². The summed E-state index contributed by atoms with van der Waals surface area (Å²) in [6, 6.07) is 16.9. The number of benzene rings is 1. The number of nitrogens with zero attached hydrogens (tertiary/aromatic N) is 3. The molecule has 1 aromatic heterocycles. The van der Waals surface area contributed by atoms with Gasteiger partial charge in [-0.25, -0.2) is 4.98 Å². The molecule has 1 unspecified atom stereocenters. The smallest absolute Gasteiger partial charge is 0.131 e. The topological polar surface area (TPSA) is 45.4 Å². The first-order valence-corrected chi connectivity index (χ1v) is 7.48. The number of pyridine rings is 1. The maximum Gasteiger partial charge on any atom is 0.131 e. The molecule has 110 valence electrons. The van der Waals surface area contributed by atoms with Gasteiger partial charge in [0.1, 0.15) is 11.6 Å². The third-order valence-electron chi connectivity index (χ3n) is 4.01. The molecular weight excluding hydrogens is 260 g/mol. The highest BCUT2D eigenvalue weighted by Gasteiger charge is 2.24. The zero-order chi connectivity index (χ0) is 14.7. The van der Waals surface area contributed by atoms with Gasteiger partial charge in [0, 0.05) is 32.2 Å². The molecule has 0 radical (unpaired) electrons. The Hall–Kier alpha value is -2.07. The second kappa shape index (κ2) is 6.14. The van der Waals surface area contributed by atoms with E-state index in [0.29, 0.717) is 11.9 Å². The van der Waals surface area contributed by atoms with Crippen LogP contribution < -0.4 is 10.6 Å². The summed E-state index contributed by atoms with van der Waals surface area (Å²) < 4.78 is 0. The lowest BCUT2D eigenvalue weighted by molar-refractivity contribution is 0.220. The summed E-state index contributed by atoms with van der Waals surface area (Å²) in [5.74, 6) is 1.58. The van der Waals surface area contributed by atoms with Crippen molar-refractivity contribution in [2.45, 2.75) is 19.5 Å². The molecule has 2 heterocycles. The Kier molecular flexibility index (Phi) is 4.06. The SMILES string of the molecule is CC1CN(Cc2ccccc2)CCN1c1cccc(N)n1. The van der Waals surface area contributed by atoms with E-state index in [-0.39, 0.29) is 0 Å². The maximum atomic E-state index is 5.79. The predicted octanol–water partition coefficient (Wildman–Crippen LogP) is 2.37. The Balaban J connectivity index is 1.64. The summed E-state index contributed by atoms with van der Waals surface area (Å²) in [5, 5.41) is 0. The summed E-state index contributed by atoms with van der Waals surface area (Å²) in [5.41, 5.74) is 7.17. The number of anilines is 2. The first kappa shape index (κ1) is 13.9. The molecular formula is C17H22N4. The summed E-state index contributed by atoms with van der Waals surface area (Å²) in [6.07, 6.45) is 0. The summed E-state index contributed by atoms with van der Waals surface area (Å²) >= 11 is 0. The Morgan fingerprint density at radius 1 is 1.10 bits per heavy atom. The van der Waals surface area contributed by atoms with E-state index in [1.165, 1.54) is 5.56 Å². The van der Waals surface area contributed by atoms with Crippen molar-refractivity contribution in [3.8, 4) is 0 Å². The van der Waals surface area contributed by atoms with Gasteiger partial charge in [0.15, 0.2) is 0 Å². The Morgan fingerprint density at radius 2 is 1.90 bits per heavy atom. The van der Waals surface area contributed by atoms with Crippen LogP contribution in [0.15, 0.2) is 48.5 Å². The zero-order valence-electron chi connectivity index (χ0n) is 12.4. The molecule has 0 bridgehead atoms. The molecule has 0 spiro atoms. The Bertz CT molecular complexity index is 584. The van der Waals surface area contributed by atoms with Gasteiger partial charge in [-0.2, -0.15) is 0 Å². The van der Waals surface area contributed by atoms with Crippen molar-refractivity contribution >= 4 is 11.6 Å². The highest BCUT2D eigenvalue weighted by molar-refractivity contribution is 5.46. The van der Waals surface area contributed by atoms with E-state index in [9.17, 15) is 0 Å². The van der Waals surface area contributed by atoms with Crippen LogP contribution in [0.2, 0.25) is 0 Å². The molecule has 0 saturated carbocycles. The van der Waals surface area contributed by atoms with E-state index in [4.69, 9.17) is 5.73 Å². The van der Waals surface area contributed by atoms with Gasteiger partial charge in [-0.15, -0.1) is 0 Å². The first-order valence-electron chi connectivity index (χ1n) is 7.48. The van der Waals surface area contributed by atoms with Crippen LogP contribution in [0.25, 0.3) is 0 Å². The minimum Gasteiger partial charge on any atom is -0.384 e. The molecule has 1 atom stereocenters. The van der Waals surface area contributed by atoms with Crippen LogP contribution in [0.5, 0.6) is 0 Å². The number of hydrogen-bond acceptors (Lipinski definition) is 4. The molecule has 1 aliphatic heterocycles. The van der Waals surface area contributed by atoms with Crippen LogP contribution in [-0.2, 0) is 6.54 Å². The first-order chi connectivity index (χ1) is 10.2. The summed E-state index contributed by atoms with van der Waals surface area (Å²) in [4.78, 5) is 9.29. The number of nitrogens with two attached hydrogens (primary N) is 1. The monoisotopic (exact) mass is 282 g/mol. The number of rotatable bonds is 3. The normalized spacial score (nSPS) is 19.7. The van der Waals surface area contributed by atoms with Gasteiger partial charge in [-0.05, 0) is 24.6 Å². The van der Waals surface area contributed by atoms with Gasteiger partial charge in [-0.1, -0.05) is 36.4 Å². The van der Waals surface area contributed by atoms with Crippen molar-refractivity contribution < 1.29 is 0 Å². The van der Waals surface area contributed by atoms with Gasteiger partial charge < -0.3 is 10.6 Å². The van der Waals surface area contributed by atoms with Crippen LogP contribution >= 0.6 is 0 Å². The molecule has 3 rings (SSSR count). The van der Waals surface area contributed by atoms with Crippen molar-refractivity contribution in [2.75, 3.05) is 30.3 Å². The third-order valence-corrected chi connectivity index (χ3v) is 4.01. The summed E-state index contributed by atoms with van der Waals surface area (Å²) in [6.45, 7) is 6.36. The Morgan fingerprint density at radius 3 is 2.62 bits per heavy atom. The quantitative estimate of drug-likeness (QED) is 0.939. The van der Waals surface area contributed by atoms with Gasteiger partial charge in [-0.3, -0.25) is 4.90 Å². The van der Waals surface area contributed by atoms with Crippen molar-refractivity contribution in [1.29, 1.82) is 0 Å². The number of aromatic nitrogens is 1.